The summed E-state index contributed by atoms with van der Waals surface area (Å²) >= 11 is 4.50. The first-order chi connectivity index (χ1) is 8.34. The molecule has 1 atom stereocenters. The van der Waals surface area contributed by atoms with Gasteiger partial charge in [-0.3, -0.25) is 4.79 Å². The number of thiocarbonyl (C=S) groups is 1. The Labute approximate surface area is 102 Å². The van der Waals surface area contributed by atoms with Crippen LogP contribution in [0.2, 0.25) is 0 Å². The first kappa shape index (κ1) is 12.7. The third kappa shape index (κ3) is 1.70. The number of nitrogens with one attached hydrogen (secondary N) is 2. The van der Waals surface area contributed by atoms with Crippen molar-refractivity contribution in [1.29, 1.82) is 0 Å². The molecule has 1 aliphatic rings. The van der Waals surface area contributed by atoms with Gasteiger partial charge in [-0.2, -0.15) is 0 Å². The van der Waals surface area contributed by atoms with E-state index in [0.717, 1.165) is 0 Å². The van der Waals surface area contributed by atoms with Crippen molar-refractivity contribution in [2.75, 3.05) is 0 Å². The summed E-state index contributed by atoms with van der Waals surface area (Å²) in [5, 5.41) is 3.84. The fourth-order valence-corrected chi connectivity index (χ4v) is 1.71. The van der Waals surface area contributed by atoms with Gasteiger partial charge < -0.3 is 10.6 Å². The van der Waals surface area contributed by atoms with Gasteiger partial charge in [0.25, 0.3) is 5.91 Å². The second kappa shape index (κ2) is 4.16. The zero-order chi connectivity index (χ0) is 13.6. The highest BCUT2D eigenvalue weighted by Crippen LogP contribution is 2.29. The summed E-state index contributed by atoms with van der Waals surface area (Å²) in [4.78, 5) is 11.3. The zero-order valence-electron chi connectivity index (χ0n) is 8.28. The molecule has 1 amide bonds. The molecule has 0 aromatic heterocycles. The topological polar surface area (TPSA) is 41.1 Å². The Bertz CT molecular complexity index is 548. The maximum Gasteiger partial charge on any atom is 0.253 e. The summed E-state index contributed by atoms with van der Waals surface area (Å²) < 4.78 is 65.4. The van der Waals surface area contributed by atoms with Crippen LogP contribution in [-0.2, 0) is 4.79 Å². The molecule has 3 nitrogen and oxygen atoms in total. The lowest BCUT2D eigenvalue weighted by molar-refractivity contribution is -0.120. The summed E-state index contributed by atoms with van der Waals surface area (Å²) in [7, 11) is 0. The molecule has 1 unspecified atom stereocenters. The Kier molecular flexibility index (Phi) is 2.93. The van der Waals surface area contributed by atoms with E-state index >= 15 is 0 Å². The molecular formula is C9H3F5N2OS. The fraction of sp³-hybridized carbons (Fsp3) is 0.111. The van der Waals surface area contributed by atoms with Crippen LogP contribution in [0.25, 0.3) is 0 Å². The molecule has 1 aromatic carbocycles. The van der Waals surface area contributed by atoms with E-state index in [9.17, 15) is 26.7 Å². The highest BCUT2D eigenvalue weighted by Gasteiger charge is 2.37. The van der Waals surface area contributed by atoms with Gasteiger partial charge in [-0.15, -0.1) is 0 Å². The number of carbonyl (C=O) groups is 1. The van der Waals surface area contributed by atoms with Gasteiger partial charge in [-0.1, -0.05) is 0 Å². The van der Waals surface area contributed by atoms with Gasteiger partial charge in [0.1, 0.15) is 6.04 Å². The van der Waals surface area contributed by atoms with Crippen molar-refractivity contribution in [1.82, 2.24) is 10.6 Å². The summed E-state index contributed by atoms with van der Waals surface area (Å²) in [6, 6.07) is -1.75. The van der Waals surface area contributed by atoms with Crippen LogP contribution in [0.3, 0.4) is 0 Å². The molecule has 0 aliphatic carbocycles. The number of hydrogen-bond acceptors (Lipinski definition) is 2. The van der Waals surface area contributed by atoms with Crippen molar-refractivity contribution >= 4 is 23.2 Å². The van der Waals surface area contributed by atoms with E-state index in [4.69, 9.17) is 0 Å². The quantitative estimate of drug-likeness (QED) is 0.354. The van der Waals surface area contributed by atoms with E-state index in [2.05, 4.69) is 17.5 Å². The number of carbonyl (C=O) groups excluding carboxylic acids is 1. The molecule has 18 heavy (non-hydrogen) atoms. The summed E-state index contributed by atoms with van der Waals surface area (Å²) in [5.74, 6) is -11.6. The number of benzene rings is 1. The average Bonchev–Trinajstić information content (AvgIpc) is 2.64. The Morgan fingerprint density at radius 2 is 1.33 bits per heavy atom. The lowest BCUT2D eigenvalue weighted by Crippen LogP contribution is -2.24. The van der Waals surface area contributed by atoms with E-state index in [1.165, 1.54) is 0 Å². The zero-order valence-corrected chi connectivity index (χ0v) is 9.10. The first-order valence-corrected chi connectivity index (χ1v) is 4.88. The Morgan fingerprint density at radius 1 is 0.889 bits per heavy atom. The van der Waals surface area contributed by atoms with E-state index in [1.807, 2.05) is 5.32 Å². The van der Waals surface area contributed by atoms with Gasteiger partial charge in [0.05, 0.1) is 5.56 Å². The van der Waals surface area contributed by atoms with Crippen LogP contribution in [0.15, 0.2) is 0 Å². The summed E-state index contributed by atoms with van der Waals surface area (Å²) in [5.41, 5.74) is -1.26. The largest absolute Gasteiger partial charge is 0.347 e. The molecule has 0 spiro atoms. The molecule has 1 heterocycles. The molecule has 2 N–H and O–H groups in total. The van der Waals surface area contributed by atoms with Crippen molar-refractivity contribution in [3.63, 3.8) is 0 Å². The second-order valence-electron chi connectivity index (χ2n) is 3.38. The molecule has 9 heteroatoms. The highest BCUT2D eigenvalue weighted by atomic mass is 32.1. The molecule has 1 aromatic rings. The predicted molar refractivity (Wildman–Crippen MR) is 52.8 cm³/mol. The predicted octanol–water partition coefficient (Wildman–Crippen LogP) is 1.43. The number of halogens is 5. The minimum absolute atomic E-state index is 0.256. The Hall–Kier alpha value is -1.77. The van der Waals surface area contributed by atoms with Gasteiger partial charge in [0.15, 0.2) is 28.4 Å². The Balaban J connectivity index is 2.65. The van der Waals surface area contributed by atoms with Crippen molar-refractivity contribution < 1.29 is 26.7 Å². The fourth-order valence-electron chi connectivity index (χ4n) is 1.50. The highest BCUT2D eigenvalue weighted by molar-refractivity contribution is 7.80. The van der Waals surface area contributed by atoms with Gasteiger partial charge in [-0.25, -0.2) is 22.0 Å². The van der Waals surface area contributed by atoms with Gasteiger partial charge >= 0.3 is 0 Å². The van der Waals surface area contributed by atoms with E-state index in [1.54, 1.807) is 0 Å². The standard InChI is InChI=1S/C9H3F5N2OS/c10-2-1(7-8(17)16-9(18)15-7)3(11)5(13)6(14)4(2)12/h7H,(H2,15,16,17,18). The number of hydrogen-bond donors (Lipinski definition) is 2. The maximum absolute atomic E-state index is 13.4. The van der Waals surface area contributed by atoms with E-state index in [0.29, 0.717) is 0 Å². The van der Waals surface area contributed by atoms with Crippen molar-refractivity contribution in [2.24, 2.45) is 0 Å². The molecule has 96 valence electrons. The molecule has 1 fully saturated rings. The van der Waals surface area contributed by atoms with Crippen LogP contribution in [0, 0.1) is 29.1 Å². The third-order valence-corrected chi connectivity index (χ3v) is 2.53. The van der Waals surface area contributed by atoms with Crippen LogP contribution in [0.5, 0.6) is 0 Å². The molecule has 2 rings (SSSR count). The van der Waals surface area contributed by atoms with Crippen molar-refractivity contribution in [2.45, 2.75) is 6.04 Å². The van der Waals surface area contributed by atoms with Crippen LogP contribution in [0.1, 0.15) is 11.6 Å². The molecule has 0 radical (unpaired) electrons. The average molecular weight is 282 g/mol. The van der Waals surface area contributed by atoms with Crippen LogP contribution in [-0.4, -0.2) is 11.0 Å². The van der Waals surface area contributed by atoms with Crippen LogP contribution < -0.4 is 10.6 Å². The molecule has 1 saturated heterocycles. The Morgan fingerprint density at radius 3 is 1.72 bits per heavy atom. The maximum atomic E-state index is 13.4. The lowest BCUT2D eigenvalue weighted by Gasteiger charge is -2.12. The second-order valence-corrected chi connectivity index (χ2v) is 3.79. The van der Waals surface area contributed by atoms with Crippen LogP contribution in [0.4, 0.5) is 22.0 Å². The normalized spacial score (nSPS) is 18.8. The SMILES string of the molecule is O=C1NC(=S)NC1c1c(F)c(F)c(F)c(F)c1F. The minimum Gasteiger partial charge on any atom is -0.347 e. The number of rotatable bonds is 1. The van der Waals surface area contributed by atoms with Gasteiger partial charge in [0.2, 0.25) is 5.82 Å². The van der Waals surface area contributed by atoms with Crippen LogP contribution >= 0.6 is 12.2 Å². The van der Waals surface area contributed by atoms with Gasteiger partial charge in [0, 0.05) is 0 Å². The summed E-state index contributed by atoms with van der Waals surface area (Å²) in [6.07, 6.45) is 0. The first-order valence-electron chi connectivity index (χ1n) is 4.47. The smallest absolute Gasteiger partial charge is 0.253 e. The molecular weight excluding hydrogens is 279 g/mol. The molecule has 0 bridgehead atoms. The lowest BCUT2D eigenvalue weighted by atomic mass is 10.0. The third-order valence-electron chi connectivity index (χ3n) is 2.31. The molecule has 1 aliphatic heterocycles. The molecule has 0 saturated carbocycles. The van der Waals surface area contributed by atoms with E-state index in [-0.39, 0.29) is 5.11 Å². The van der Waals surface area contributed by atoms with Gasteiger partial charge in [-0.05, 0) is 12.2 Å². The summed E-state index contributed by atoms with van der Waals surface area (Å²) in [6.45, 7) is 0. The monoisotopic (exact) mass is 282 g/mol. The number of amides is 1. The minimum atomic E-state index is -2.28. The van der Waals surface area contributed by atoms with Crippen molar-refractivity contribution in [3.05, 3.63) is 34.6 Å². The van der Waals surface area contributed by atoms with E-state index < -0.39 is 46.6 Å². The van der Waals surface area contributed by atoms with Crippen molar-refractivity contribution in [3.8, 4) is 0 Å².